The number of rotatable bonds is 5. The number of aliphatic carboxylic acids is 1. The van der Waals surface area contributed by atoms with Gasteiger partial charge in [0, 0.05) is 0 Å². The Kier molecular flexibility index (Phi) is 4.16. The van der Waals surface area contributed by atoms with Crippen LogP contribution in [-0.4, -0.2) is 16.7 Å². The fourth-order valence-corrected chi connectivity index (χ4v) is 1.74. The van der Waals surface area contributed by atoms with Gasteiger partial charge in [-0.1, -0.05) is 19.9 Å². The summed E-state index contributed by atoms with van der Waals surface area (Å²) in [4.78, 5) is 11.3. The Labute approximate surface area is 102 Å². The van der Waals surface area contributed by atoms with Gasteiger partial charge in [-0.3, -0.25) is 0 Å². The van der Waals surface area contributed by atoms with E-state index in [0.717, 1.165) is 5.56 Å². The number of hydrogen-bond donors (Lipinski definition) is 1. The molecule has 94 valence electrons. The van der Waals surface area contributed by atoms with Gasteiger partial charge in [-0.2, -0.15) is 0 Å². The van der Waals surface area contributed by atoms with E-state index in [1.165, 1.54) is 5.56 Å². The highest BCUT2D eigenvalue weighted by Gasteiger charge is 2.37. The number of ether oxygens (including phenoxy) is 1. The van der Waals surface area contributed by atoms with Crippen molar-refractivity contribution in [1.29, 1.82) is 0 Å². The van der Waals surface area contributed by atoms with Gasteiger partial charge in [-0.05, 0) is 49.9 Å². The van der Waals surface area contributed by atoms with Gasteiger partial charge in [-0.25, -0.2) is 4.79 Å². The van der Waals surface area contributed by atoms with Crippen molar-refractivity contribution in [1.82, 2.24) is 0 Å². The molecule has 0 saturated heterocycles. The minimum Gasteiger partial charge on any atom is -0.478 e. The molecule has 0 heterocycles. The van der Waals surface area contributed by atoms with Crippen LogP contribution in [0.1, 0.15) is 37.8 Å². The zero-order valence-corrected chi connectivity index (χ0v) is 10.9. The maximum absolute atomic E-state index is 11.3. The molecule has 0 aliphatic heterocycles. The molecule has 0 unspecified atom stereocenters. The lowest BCUT2D eigenvalue weighted by molar-refractivity contribution is -0.156. The van der Waals surface area contributed by atoms with Crippen LogP contribution in [0.15, 0.2) is 18.2 Å². The van der Waals surface area contributed by atoms with E-state index in [-0.39, 0.29) is 0 Å². The highest BCUT2D eigenvalue weighted by molar-refractivity contribution is 5.77. The first kappa shape index (κ1) is 13.6. The van der Waals surface area contributed by atoms with Crippen LogP contribution in [0.25, 0.3) is 0 Å². The minimum atomic E-state index is -1.11. The second-order valence-corrected chi connectivity index (χ2v) is 4.35. The highest BCUT2D eigenvalue weighted by Crippen LogP contribution is 2.26. The second kappa shape index (κ2) is 5.21. The van der Waals surface area contributed by atoms with Crippen molar-refractivity contribution in [2.24, 2.45) is 0 Å². The monoisotopic (exact) mass is 236 g/mol. The van der Waals surface area contributed by atoms with Crippen molar-refractivity contribution in [2.75, 3.05) is 0 Å². The summed E-state index contributed by atoms with van der Waals surface area (Å²) >= 11 is 0. The molecular weight excluding hydrogens is 216 g/mol. The van der Waals surface area contributed by atoms with Crippen LogP contribution in [-0.2, 0) is 4.79 Å². The molecule has 0 aliphatic rings. The van der Waals surface area contributed by atoms with Gasteiger partial charge in [0.2, 0.25) is 5.60 Å². The van der Waals surface area contributed by atoms with Gasteiger partial charge in [0.25, 0.3) is 0 Å². The summed E-state index contributed by atoms with van der Waals surface area (Å²) in [6.07, 6.45) is 0.900. The van der Waals surface area contributed by atoms with E-state index in [1.54, 1.807) is 0 Å². The Balaban J connectivity index is 3.01. The van der Waals surface area contributed by atoms with E-state index in [2.05, 4.69) is 0 Å². The number of aryl methyl sites for hydroxylation is 2. The molecule has 0 aromatic heterocycles. The predicted molar refractivity (Wildman–Crippen MR) is 67.5 cm³/mol. The Morgan fingerprint density at radius 2 is 1.82 bits per heavy atom. The Hall–Kier alpha value is -1.51. The van der Waals surface area contributed by atoms with Crippen molar-refractivity contribution in [3.05, 3.63) is 29.3 Å². The summed E-state index contributed by atoms with van der Waals surface area (Å²) in [5.41, 5.74) is 1.17. The molecule has 1 rings (SSSR count). The first-order chi connectivity index (χ1) is 7.95. The molecule has 1 aromatic carbocycles. The van der Waals surface area contributed by atoms with Gasteiger partial charge in [0.15, 0.2) is 0 Å². The lowest BCUT2D eigenvalue weighted by Crippen LogP contribution is -2.43. The van der Waals surface area contributed by atoms with E-state index < -0.39 is 11.6 Å². The van der Waals surface area contributed by atoms with Crippen molar-refractivity contribution >= 4 is 5.97 Å². The molecule has 1 N–H and O–H groups in total. The quantitative estimate of drug-likeness (QED) is 0.853. The molecule has 0 amide bonds. The lowest BCUT2D eigenvalue weighted by atomic mass is 9.97. The predicted octanol–water partition coefficient (Wildman–Crippen LogP) is 3.33. The number of hydrogen-bond acceptors (Lipinski definition) is 2. The van der Waals surface area contributed by atoms with Crippen LogP contribution < -0.4 is 4.74 Å². The number of carbonyl (C=O) groups is 1. The Morgan fingerprint density at radius 1 is 1.24 bits per heavy atom. The van der Waals surface area contributed by atoms with E-state index in [1.807, 2.05) is 45.9 Å². The average molecular weight is 236 g/mol. The van der Waals surface area contributed by atoms with E-state index in [0.29, 0.717) is 18.6 Å². The molecule has 0 saturated carbocycles. The molecular formula is C14H20O3. The molecule has 0 fully saturated rings. The highest BCUT2D eigenvalue weighted by atomic mass is 16.5. The van der Waals surface area contributed by atoms with Crippen molar-refractivity contribution < 1.29 is 14.6 Å². The first-order valence-corrected chi connectivity index (χ1v) is 5.95. The normalized spacial score (nSPS) is 11.3. The second-order valence-electron chi connectivity index (χ2n) is 4.35. The van der Waals surface area contributed by atoms with Crippen molar-refractivity contribution in [2.45, 2.75) is 46.1 Å². The van der Waals surface area contributed by atoms with E-state index in [4.69, 9.17) is 4.74 Å². The van der Waals surface area contributed by atoms with Crippen LogP contribution in [0.4, 0.5) is 0 Å². The first-order valence-electron chi connectivity index (χ1n) is 5.95. The van der Waals surface area contributed by atoms with Crippen LogP contribution in [0, 0.1) is 13.8 Å². The summed E-state index contributed by atoms with van der Waals surface area (Å²) < 4.78 is 5.70. The Bertz CT molecular complexity index is 406. The molecule has 0 atom stereocenters. The largest absolute Gasteiger partial charge is 0.478 e. The van der Waals surface area contributed by atoms with E-state index >= 15 is 0 Å². The fourth-order valence-electron chi connectivity index (χ4n) is 1.74. The van der Waals surface area contributed by atoms with Crippen molar-refractivity contribution in [3.8, 4) is 5.75 Å². The zero-order valence-electron chi connectivity index (χ0n) is 10.9. The number of carboxylic acids is 1. The Morgan fingerprint density at radius 3 is 2.24 bits per heavy atom. The van der Waals surface area contributed by atoms with E-state index in [9.17, 15) is 9.90 Å². The smallest absolute Gasteiger partial charge is 0.348 e. The molecule has 1 aromatic rings. The maximum atomic E-state index is 11.3. The van der Waals surface area contributed by atoms with Crippen molar-refractivity contribution in [3.63, 3.8) is 0 Å². The summed E-state index contributed by atoms with van der Waals surface area (Å²) in [6, 6.07) is 5.66. The van der Waals surface area contributed by atoms with Crippen LogP contribution in [0.2, 0.25) is 0 Å². The van der Waals surface area contributed by atoms with Gasteiger partial charge < -0.3 is 9.84 Å². The van der Waals surface area contributed by atoms with Crippen LogP contribution in [0.5, 0.6) is 5.75 Å². The summed E-state index contributed by atoms with van der Waals surface area (Å²) in [6.45, 7) is 7.67. The molecule has 0 radical (unpaired) electrons. The third-order valence-corrected chi connectivity index (χ3v) is 3.32. The third-order valence-electron chi connectivity index (χ3n) is 3.32. The topological polar surface area (TPSA) is 46.5 Å². The molecule has 0 bridgehead atoms. The standard InChI is InChI=1S/C14H20O3/c1-5-14(6-2,13(15)16)17-12-8-7-10(3)11(4)9-12/h7-9H,5-6H2,1-4H3,(H,15,16). The molecule has 3 nitrogen and oxygen atoms in total. The summed E-state index contributed by atoms with van der Waals surface area (Å²) in [5, 5.41) is 9.28. The average Bonchev–Trinajstić information content (AvgIpc) is 2.30. The summed E-state index contributed by atoms with van der Waals surface area (Å²) in [7, 11) is 0. The SMILES string of the molecule is CCC(CC)(Oc1ccc(C)c(C)c1)C(=O)O. The molecule has 17 heavy (non-hydrogen) atoms. The minimum absolute atomic E-state index is 0.450. The molecule has 3 heteroatoms. The van der Waals surface area contributed by atoms with Gasteiger partial charge >= 0.3 is 5.97 Å². The van der Waals surface area contributed by atoms with Crippen LogP contribution >= 0.6 is 0 Å². The maximum Gasteiger partial charge on any atom is 0.348 e. The lowest BCUT2D eigenvalue weighted by Gasteiger charge is -2.28. The van der Waals surface area contributed by atoms with Gasteiger partial charge in [0.1, 0.15) is 5.75 Å². The third kappa shape index (κ3) is 2.78. The van der Waals surface area contributed by atoms with Gasteiger partial charge in [0.05, 0.1) is 0 Å². The fraction of sp³-hybridized carbons (Fsp3) is 0.500. The van der Waals surface area contributed by atoms with Crippen LogP contribution in [0.3, 0.4) is 0 Å². The molecule has 0 aliphatic carbocycles. The summed E-state index contributed by atoms with van der Waals surface area (Å²) in [5.74, 6) is -0.278. The van der Waals surface area contributed by atoms with Gasteiger partial charge in [-0.15, -0.1) is 0 Å². The molecule has 0 spiro atoms. The zero-order chi connectivity index (χ0) is 13.1. The number of carboxylic acid groups (broad SMARTS) is 1. The number of benzene rings is 1.